The predicted molar refractivity (Wildman–Crippen MR) is 60.0 cm³/mol. The third-order valence-electron chi connectivity index (χ3n) is 2.80. The summed E-state index contributed by atoms with van der Waals surface area (Å²) in [5.74, 6) is 0.930. The molecule has 0 bridgehead atoms. The first-order valence-corrected chi connectivity index (χ1v) is 5.29. The molecule has 2 rings (SSSR count). The monoisotopic (exact) mass is 204 g/mol. The van der Waals surface area contributed by atoms with Crippen molar-refractivity contribution >= 4 is 0 Å². The van der Waals surface area contributed by atoms with Gasteiger partial charge in [0.2, 0.25) is 0 Å². The van der Waals surface area contributed by atoms with Crippen molar-refractivity contribution in [3.8, 4) is 5.75 Å². The molecule has 0 saturated heterocycles. The summed E-state index contributed by atoms with van der Waals surface area (Å²) in [7, 11) is 1.69. The lowest BCUT2D eigenvalue weighted by Crippen LogP contribution is -1.94. The van der Waals surface area contributed by atoms with E-state index in [1.165, 1.54) is 11.1 Å². The Morgan fingerprint density at radius 2 is 2.20 bits per heavy atom. The number of allylic oxidation sites excluding steroid dienone is 1. The first kappa shape index (κ1) is 10.2. The maximum absolute atomic E-state index is 9.40. The van der Waals surface area contributed by atoms with Crippen molar-refractivity contribution in [2.75, 3.05) is 7.11 Å². The van der Waals surface area contributed by atoms with Gasteiger partial charge in [-0.25, -0.2) is 0 Å². The largest absolute Gasteiger partial charge is 0.496 e. The van der Waals surface area contributed by atoms with Crippen molar-refractivity contribution in [2.45, 2.75) is 25.4 Å². The van der Waals surface area contributed by atoms with Crippen molar-refractivity contribution in [3.05, 3.63) is 41.5 Å². The molecule has 1 aliphatic rings. The van der Waals surface area contributed by atoms with E-state index in [1.807, 2.05) is 24.3 Å². The van der Waals surface area contributed by atoms with Gasteiger partial charge in [0.05, 0.1) is 13.2 Å². The number of rotatable bonds is 3. The number of para-hydroxylation sites is 1. The first-order chi connectivity index (χ1) is 7.29. The molecular formula is C13H16O2. The van der Waals surface area contributed by atoms with Crippen molar-refractivity contribution in [1.82, 2.24) is 0 Å². The Morgan fingerprint density at radius 1 is 1.40 bits per heavy atom. The summed E-state index contributed by atoms with van der Waals surface area (Å²) in [4.78, 5) is 0. The molecule has 1 unspecified atom stereocenters. The summed E-state index contributed by atoms with van der Waals surface area (Å²) in [6, 6.07) is 8.04. The zero-order valence-corrected chi connectivity index (χ0v) is 8.94. The van der Waals surface area contributed by atoms with E-state index >= 15 is 0 Å². The molecule has 0 amide bonds. The highest BCUT2D eigenvalue weighted by Gasteiger charge is 2.14. The smallest absolute Gasteiger partial charge is 0.122 e. The minimum absolute atomic E-state index is 0.241. The van der Waals surface area contributed by atoms with Gasteiger partial charge < -0.3 is 9.84 Å². The average molecular weight is 204 g/mol. The van der Waals surface area contributed by atoms with E-state index in [2.05, 4.69) is 6.07 Å². The van der Waals surface area contributed by atoms with Gasteiger partial charge in [-0.2, -0.15) is 0 Å². The molecule has 1 aliphatic carbocycles. The highest BCUT2D eigenvalue weighted by atomic mass is 16.5. The molecule has 0 spiro atoms. The Balaban J connectivity index is 2.13. The molecule has 0 heterocycles. The third kappa shape index (κ3) is 2.39. The average Bonchev–Trinajstić information content (AvgIpc) is 2.65. The van der Waals surface area contributed by atoms with Crippen molar-refractivity contribution in [3.63, 3.8) is 0 Å². The fraction of sp³-hybridized carbons (Fsp3) is 0.385. The third-order valence-corrected chi connectivity index (χ3v) is 2.80. The van der Waals surface area contributed by atoms with Crippen LogP contribution >= 0.6 is 0 Å². The van der Waals surface area contributed by atoms with Gasteiger partial charge in [0, 0.05) is 0 Å². The number of methoxy groups -OCH3 is 1. The zero-order chi connectivity index (χ0) is 10.7. The van der Waals surface area contributed by atoms with Gasteiger partial charge in [-0.05, 0) is 30.9 Å². The van der Waals surface area contributed by atoms with E-state index in [9.17, 15) is 5.11 Å². The number of aliphatic hydroxyl groups is 1. The Morgan fingerprint density at radius 3 is 2.87 bits per heavy atom. The van der Waals surface area contributed by atoms with Crippen LogP contribution in [-0.2, 0) is 6.42 Å². The minimum atomic E-state index is -0.241. The Hall–Kier alpha value is -1.28. The molecule has 0 radical (unpaired) electrons. The number of benzene rings is 1. The van der Waals surface area contributed by atoms with Crippen LogP contribution in [0.15, 0.2) is 35.9 Å². The minimum Gasteiger partial charge on any atom is -0.496 e. The number of ether oxygens (including phenoxy) is 1. The van der Waals surface area contributed by atoms with Crippen LogP contribution in [0.2, 0.25) is 0 Å². The molecule has 1 aromatic rings. The lowest BCUT2D eigenvalue weighted by molar-refractivity contribution is 0.223. The molecule has 2 heteroatoms. The molecule has 1 atom stereocenters. The molecular weight excluding hydrogens is 188 g/mol. The lowest BCUT2D eigenvalue weighted by Gasteiger charge is -2.08. The van der Waals surface area contributed by atoms with Crippen molar-refractivity contribution in [1.29, 1.82) is 0 Å². The Labute approximate surface area is 90.2 Å². The van der Waals surface area contributed by atoms with E-state index in [0.29, 0.717) is 0 Å². The van der Waals surface area contributed by atoms with Gasteiger partial charge in [0.15, 0.2) is 0 Å². The van der Waals surface area contributed by atoms with Crippen LogP contribution in [0.1, 0.15) is 18.4 Å². The van der Waals surface area contributed by atoms with E-state index in [0.717, 1.165) is 25.0 Å². The first-order valence-electron chi connectivity index (χ1n) is 5.29. The topological polar surface area (TPSA) is 29.5 Å². The summed E-state index contributed by atoms with van der Waals surface area (Å²) < 4.78 is 5.29. The van der Waals surface area contributed by atoms with Crippen molar-refractivity contribution in [2.24, 2.45) is 0 Å². The summed E-state index contributed by atoms with van der Waals surface area (Å²) in [6.45, 7) is 0. The number of hydrogen-bond acceptors (Lipinski definition) is 2. The van der Waals surface area contributed by atoms with Crippen LogP contribution in [0.5, 0.6) is 5.75 Å². The van der Waals surface area contributed by atoms with Gasteiger partial charge >= 0.3 is 0 Å². The molecule has 0 fully saturated rings. The molecule has 2 nitrogen and oxygen atoms in total. The van der Waals surface area contributed by atoms with E-state index < -0.39 is 0 Å². The predicted octanol–water partition coefficient (Wildman–Crippen LogP) is 2.32. The second-order valence-electron chi connectivity index (χ2n) is 3.92. The highest BCUT2D eigenvalue weighted by Crippen LogP contribution is 2.26. The van der Waals surface area contributed by atoms with E-state index in [4.69, 9.17) is 4.74 Å². The second kappa shape index (κ2) is 4.49. The summed E-state index contributed by atoms with van der Waals surface area (Å²) in [6.07, 6.45) is 4.48. The van der Waals surface area contributed by atoms with Gasteiger partial charge in [-0.3, -0.25) is 0 Å². The lowest BCUT2D eigenvalue weighted by atomic mass is 10.0. The maximum atomic E-state index is 9.40. The number of hydrogen-bond donors (Lipinski definition) is 1. The summed E-state index contributed by atoms with van der Waals surface area (Å²) in [5, 5.41) is 9.40. The van der Waals surface area contributed by atoms with Gasteiger partial charge in [-0.1, -0.05) is 29.8 Å². The Kier molecular flexibility index (Phi) is 3.07. The van der Waals surface area contributed by atoms with Gasteiger partial charge in [0.25, 0.3) is 0 Å². The Bertz CT molecular complexity index is 369. The van der Waals surface area contributed by atoms with Crippen LogP contribution in [-0.4, -0.2) is 18.3 Å². The number of aliphatic hydroxyl groups excluding tert-OH is 1. The fourth-order valence-electron chi connectivity index (χ4n) is 2.01. The van der Waals surface area contributed by atoms with E-state index in [-0.39, 0.29) is 6.10 Å². The van der Waals surface area contributed by atoms with Crippen LogP contribution in [0, 0.1) is 0 Å². The van der Waals surface area contributed by atoms with Crippen LogP contribution < -0.4 is 4.74 Å². The quantitative estimate of drug-likeness (QED) is 0.766. The van der Waals surface area contributed by atoms with Crippen LogP contribution in [0.3, 0.4) is 0 Å². The highest BCUT2D eigenvalue weighted by molar-refractivity contribution is 5.37. The standard InChI is InChI=1S/C13H16O2/c1-15-13-5-3-2-4-11(13)8-10-6-7-12(14)9-10/h2-5,9,12,14H,6-8H2,1H3. The summed E-state index contributed by atoms with van der Waals surface area (Å²) >= 11 is 0. The summed E-state index contributed by atoms with van der Waals surface area (Å²) in [5.41, 5.74) is 2.51. The zero-order valence-electron chi connectivity index (χ0n) is 8.94. The molecule has 0 aliphatic heterocycles. The normalized spacial score (nSPS) is 20.1. The van der Waals surface area contributed by atoms with E-state index in [1.54, 1.807) is 7.11 Å². The van der Waals surface area contributed by atoms with Gasteiger partial charge in [0.1, 0.15) is 5.75 Å². The molecule has 0 saturated carbocycles. The molecule has 15 heavy (non-hydrogen) atoms. The fourth-order valence-corrected chi connectivity index (χ4v) is 2.01. The maximum Gasteiger partial charge on any atom is 0.122 e. The second-order valence-corrected chi connectivity index (χ2v) is 3.92. The SMILES string of the molecule is COc1ccccc1CC1=CC(O)CC1. The molecule has 1 N–H and O–H groups in total. The van der Waals surface area contributed by atoms with Gasteiger partial charge in [-0.15, -0.1) is 0 Å². The van der Waals surface area contributed by atoms with Crippen LogP contribution in [0.25, 0.3) is 0 Å². The van der Waals surface area contributed by atoms with Crippen molar-refractivity contribution < 1.29 is 9.84 Å². The molecule has 0 aromatic heterocycles. The molecule has 80 valence electrons. The molecule has 1 aromatic carbocycles. The van der Waals surface area contributed by atoms with Crippen LogP contribution in [0.4, 0.5) is 0 Å².